The molecule has 2 aliphatic carbocycles. The molecule has 1 unspecified atom stereocenters. The van der Waals surface area contributed by atoms with Gasteiger partial charge in [-0.2, -0.15) is 0 Å². The van der Waals surface area contributed by atoms with Crippen molar-refractivity contribution in [2.24, 2.45) is 0 Å². The molecule has 1 atom stereocenters. The van der Waals surface area contributed by atoms with Gasteiger partial charge in [-0.25, -0.2) is 0 Å². The average molecular weight is 322 g/mol. The Morgan fingerprint density at radius 1 is 1.05 bits per heavy atom. The predicted molar refractivity (Wildman–Crippen MR) is 94.3 cm³/mol. The molecule has 0 radical (unpaired) electrons. The molecule has 3 rings (SSSR count). The SMILES string of the molecule is CCCN(CCC)C1CCc2c(ccc3c2C(=O)CC3)C1.Cl. The van der Waals surface area contributed by atoms with Gasteiger partial charge >= 0.3 is 0 Å². The Morgan fingerprint density at radius 3 is 2.41 bits per heavy atom. The van der Waals surface area contributed by atoms with Crippen LogP contribution in [0, 0.1) is 0 Å². The monoisotopic (exact) mass is 321 g/mol. The van der Waals surface area contributed by atoms with Gasteiger partial charge < -0.3 is 4.90 Å². The van der Waals surface area contributed by atoms with Gasteiger partial charge in [-0.3, -0.25) is 4.79 Å². The van der Waals surface area contributed by atoms with Crippen molar-refractivity contribution < 1.29 is 4.79 Å². The van der Waals surface area contributed by atoms with Crippen LogP contribution in [0.1, 0.15) is 66.6 Å². The van der Waals surface area contributed by atoms with E-state index in [2.05, 4.69) is 30.9 Å². The Hall–Kier alpha value is -0.860. The lowest BCUT2D eigenvalue weighted by molar-refractivity contribution is 0.0993. The normalized spacial score (nSPS) is 19.8. The van der Waals surface area contributed by atoms with E-state index in [1.807, 2.05) is 0 Å². The number of Topliss-reactive ketones (excluding diaryl/α,β-unsaturated/α-hetero) is 1. The maximum absolute atomic E-state index is 12.1. The first kappa shape index (κ1) is 17.5. The fourth-order valence-corrected chi connectivity index (χ4v) is 4.18. The second kappa shape index (κ2) is 7.61. The molecule has 3 heteroatoms. The van der Waals surface area contributed by atoms with Crippen LogP contribution in [-0.4, -0.2) is 29.8 Å². The molecule has 0 amide bonds. The summed E-state index contributed by atoms with van der Waals surface area (Å²) in [4.78, 5) is 14.8. The van der Waals surface area contributed by atoms with Gasteiger partial charge in [0.2, 0.25) is 0 Å². The Morgan fingerprint density at radius 2 is 1.73 bits per heavy atom. The van der Waals surface area contributed by atoms with Crippen molar-refractivity contribution in [3.8, 4) is 0 Å². The van der Waals surface area contributed by atoms with Crippen LogP contribution >= 0.6 is 12.4 Å². The summed E-state index contributed by atoms with van der Waals surface area (Å²) in [5.74, 6) is 0.388. The van der Waals surface area contributed by atoms with Gasteiger partial charge in [0, 0.05) is 18.0 Å². The minimum Gasteiger partial charge on any atom is -0.300 e. The van der Waals surface area contributed by atoms with Crippen LogP contribution in [0.3, 0.4) is 0 Å². The largest absolute Gasteiger partial charge is 0.300 e. The van der Waals surface area contributed by atoms with E-state index < -0.39 is 0 Å². The maximum Gasteiger partial charge on any atom is 0.163 e. The summed E-state index contributed by atoms with van der Waals surface area (Å²) in [7, 11) is 0. The minimum atomic E-state index is 0. The van der Waals surface area contributed by atoms with Crippen molar-refractivity contribution in [2.45, 2.75) is 64.8 Å². The lowest BCUT2D eigenvalue weighted by Crippen LogP contribution is -2.40. The average Bonchev–Trinajstić information content (AvgIpc) is 2.88. The maximum atomic E-state index is 12.1. The summed E-state index contributed by atoms with van der Waals surface area (Å²) in [6.07, 6.45) is 7.60. The number of carbonyl (C=O) groups excluding carboxylic acids is 1. The van der Waals surface area contributed by atoms with Crippen molar-refractivity contribution in [2.75, 3.05) is 13.1 Å². The Bertz CT molecular complexity index is 534. The van der Waals surface area contributed by atoms with Crippen LogP contribution in [0.15, 0.2) is 12.1 Å². The Labute approximate surface area is 140 Å². The molecule has 0 aliphatic heterocycles. The topological polar surface area (TPSA) is 20.3 Å². The number of rotatable bonds is 5. The van der Waals surface area contributed by atoms with Gasteiger partial charge in [0.1, 0.15) is 0 Å². The van der Waals surface area contributed by atoms with E-state index in [0.717, 1.165) is 31.2 Å². The summed E-state index contributed by atoms with van der Waals surface area (Å²) in [6.45, 7) is 6.95. The third kappa shape index (κ3) is 3.23. The Balaban J connectivity index is 0.00000176. The molecule has 0 heterocycles. The summed E-state index contributed by atoms with van der Waals surface area (Å²) >= 11 is 0. The first-order valence-corrected chi connectivity index (χ1v) is 8.65. The number of halogens is 1. The zero-order chi connectivity index (χ0) is 14.8. The third-order valence-electron chi connectivity index (χ3n) is 5.12. The van der Waals surface area contributed by atoms with Gasteiger partial charge in [-0.1, -0.05) is 26.0 Å². The first-order valence-electron chi connectivity index (χ1n) is 8.65. The fourth-order valence-electron chi connectivity index (χ4n) is 4.18. The molecule has 0 aromatic heterocycles. The van der Waals surface area contributed by atoms with Crippen molar-refractivity contribution in [1.29, 1.82) is 0 Å². The molecule has 0 spiro atoms. The molecule has 0 fully saturated rings. The van der Waals surface area contributed by atoms with Crippen LogP contribution in [-0.2, 0) is 19.3 Å². The van der Waals surface area contributed by atoms with Gasteiger partial charge in [0.05, 0.1) is 0 Å². The molecule has 22 heavy (non-hydrogen) atoms. The number of hydrogen-bond acceptors (Lipinski definition) is 2. The highest BCUT2D eigenvalue weighted by atomic mass is 35.5. The molecule has 1 aromatic carbocycles. The number of aryl methyl sites for hydroxylation is 1. The molecule has 122 valence electrons. The lowest BCUT2D eigenvalue weighted by Gasteiger charge is -2.35. The third-order valence-corrected chi connectivity index (χ3v) is 5.12. The number of ketones is 1. The van der Waals surface area contributed by atoms with E-state index >= 15 is 0 Å². The second-order valence-electron chi connectivity index (χ2n) is 6.59. The van der Waals surface area contributed by atoms with E-state index in [4.69, 9.17) is 0 Å². The molecule has 2 aliphatic rings. The zero-order valence-corrected chi connectivity index (χ0v) is 14.7. The number of nitrogens with zero attached hydrogens (tertiary/aromatic N) is 1. The molecular formula is C19H28ClNO. The number of benzene rings is 1. The molecule has 0 saturated heterocycles. The first-order chi connectivity index (χ1) is 10.2. The Kier molecular flexibility index (Phi) is 6.05. The smallest absolute Gasteiger partial charge is 0.163 e. The van der Waals surface area contributed by atoms with Gasteiger partial charge in [-0.15, -0.1) is 12.4 Å². The zero-order valence-electron chi connectivity index (χ0n) is 13.9. The molecule has 0 bridgehead atoms. The molecule has 2 nitrogen and oxygen atoms in total. The van der Waals surface area contributed by atoms with Crippen LogP contribution < -0.4 is 0 Å². The van der Waals surface area contributed by atoms with E-state index in [1.165, 1.54) is 49.0 Å². The highest BCUT2D eigenvalue weighted by molar-refractivity contribution is 6.02. The summed E-state index contributed by atoms with van der Waals surface area (Å²) < 4.78 is 0. The number of hydrogen-bond donors (Lipinski definition) is 0. The van der Waals surface area contributed by atoms with Crippen LogP contribution in [0.4, 0.5) is 0 Å². The number of fused-ring (bicyclic) bond motifs is 3. The van der Waals surface area contributed by atoms with Gasteiger partial charge in [0.15, 0.2) is 5.78 Å². The van der Waals surface area contributed by atoms with E-state index in [0.29, 0.717) is 11.8 Å². The molecule has 1 aromatic rings. The van der Waals surface area contributed by atoms with Crippen molar-refractivity contribution in [1.82, 2.24) is 4.90 Å². The summed E-state index contributed by atoms with van der Waals surface area (Å²) in [5, 5.41) is 0. The van der Waals surface area contributed by atoms with Gasteiger partial charge in [-0.05, 0) is 68.3 Å². The summed E-state index contributed by atoms with van der Waals surface area (Å²) in [6, 6.07) is 5.19. The van der Waals surface area contributed by atoms with Crippen molar-refractivity contribution in [3.63, 3.8) is 0 Å². The van der Waals surface area contributed by atoms with E-state index in [9.17, 15) is 4.79 Å². The number of carbonyl (C=O) groups is 1. The van der Waals surface area contributed by atoms with Crippen molar-refractivity contribution >= 4 is 18.2 Å². The van der Waals surface area contributed by atoms with Gasteiger partial charge in [0.25, 0.3) is 0 Å². The molecular weight excluding hydrogens is 294 g/mol. The van der Waals surface area contributed by atoms with E-state index in [1.54, 1.807) is 0 Å². The molecule has 0 N–H and O–H groups in total. The highest BCUT2D eigenvalue weighted by Gasteiger charge is 2.30. The minimum absolute atomic E-state index is 0. The summed E-state index contributed by atoms with van der Waals surface area (Å²) in [5.41, 5.74) is 5.23. The molecule has 0 saturated carbocycles. The van der Waals surface area contributed by atoms with Crippen LogP contribution in [0.5, 0.6) is 0 Å². The van der Waals surface area contributed by atoms with Crippen LogP contribution in [0.25, 0.3) is 0 Å². The standard InChI is InChI=1S/C19H27NO.ClH/c1-3-11-20(12-4-2)16-8-9-17-15(13-16)6-5-14-7-10-18(21)19(14)17;/h5-6,16H,3-4,7-13H2,1-2H3;1H. The van der Waals surface area contributed by atoms with E-state index in [-0.39, 0.29) is 12.4 Å². The predicted octanol–water partition coefficient (Wildman–Crippen LogP) is 4.22. The quantitative estimate of drug-likeness (QED) is 0.809. The fraction of sp³-hybridized carbons (Fsp3) is 0.632. The van der Waals surface area contributed by atoms with Crippen LogP contribution in [0.2, 0.25) is 0 Å². The highest BCUT2D eigenvalue weighted by Crippen LogP contribution is 2.33. The second-order valence-corrected chi connectivity index (χ2v) is 6.59. The van der Waals surface area contributed by atoms with Crippen molar-refractivity contribution in [3.05, 3.63) is 34.4 Å². The lowest BCUT2D eigenvalue weighted by atomic mass is 9.83.